The molecule has 1 fully saturated rings. The number of hydrogen-bond acceptors (Lipinski definition) is 4. The van der Waals surface area contributed by atoms with Crippen molar-refractivity contribution in [1.29, 1.82) is 0 Å². The second-order valence-corrected chi connectivity index (χ2v) is 4.68. The standard InChI is InChI=1S/C14H17NO4/c16-13(17)8-11-6-7-12(15-11)14(18)19-9-10-4-2-1-3-5-10/h1-5,11-12,15H,6-9H2,(H,16,17)/t11-,12-/m0/s1. The number of carbonyl (C=O) groups is 2. The second kappa shape index (κ2) is 6.33. The molecule has 5 nitrogen and oxygen atoms in total. The fourth-order valence-electron chi connectivity index (χ4n) is 2.21. The van der Waals surface area contributed by atoms with Crippen LogP contribution >= 0.6 is 0 Å². The number of nitrogens with one attached hydrogen (secondary N) is 1. The molecule has 5 heteroatoms. The Morgan fingerprint density at radius 2 is 2.00 bits per heavy atom. The molecule has 0 amide bonds. The number of carbonyl (C=O) groups excluding carboxylic acids is 1. The lowest BCUT2D eigenvalue weighted by Crippen LogP contribution is -2.37. The molecule has 2 rings (SSSR count). The van der Waals surface area contributed by atoms with Crippen LogP contribution in [-0.2, 0) is 20.9 Å². The molecule has 1 heterocycles. The minimum Gasteiger partial charge on any atom is -0.481 e. The van der Waals surface area contributed by atoms with Crippen LogP contribution in [0.25, 0.3) is 0 Å². The predicted octanol–water partition coefficient (Wildman–Crippen LogP) is 1.33. The van der Waals surface area contributed by atoms with E-state index in [0.717, 1.165) is 5.56 Å². The number of hydrogen-bond donors (Lipinski definition) is 2. The first-order valence-electron chi connectivity index (χ1n) is 6.33. The molecule has 2 N–H and O–H groups in total. The lowest BCUT2D eigenvalue weighted by molar-refractivity contribution is -0.147. The Kier molecular flexibility index (Phi) is 4.52. The zero-order valence-electron chi connectivity index (χ0n) is 10.5. The summed E-state index contributed by atoms with van der Waals surface area (Å²) in [6.45, 7) is 0.251. The maximum Gasteiger partial charge on any atom is 0.323 e. The monoisotopic (exact) mass is 263 g/mol. The van der Waals surface area contributed by atoms with E-state index in [9.17, 15) is 9.59 Å². The molecule has 1 aliphatic heterocycles. The molecule has 102 valence electrons. The van der Waals surface area contributed by atoms with Crippen molar-refractivity contribution in [3.8, 4) is 0 Å². The zero-order chi connectivity index (χ0) is 13.7. The molecular formula is C14H17NO4. The van der Waals surface area contributed by atoms with Gasteiger partial charge in [-0.1, -0.05) is 30.3 Å². The molecule has 0 spiro atoms. The van der Waals surface area contributed by atoms with E-state index in [0.29, 0.717) is 12.8 Å². The summed E-state index contributed by atoms with van der Waals surface area (Å²) in [5.74, 6) is -1.16. The van der Waals surface area contributed by atoms with Crippen molar-refractivity contribution in [3.63, 3.8) is 0 Å². The molecule has 0 radical (unpaired) electrons. The minimum atomic E-state index is -0.851. The molecule has 0 saturated carbocycles. The summed E-state index contributed by atoms with van der Waals surface area (Å²) in [6, 6.07) is 8.95. The fraction of sp³-hybridized carbons (Fsp3) is 0.429. The highest BCUT2D eigenvalue weighted by Crippen LogP contribution is 2.16. The molecule has 0 aliphatic carbocycles. The minimum absolute atomic E-state index is 0.0441. The molecule has 1 aromatic carbocycles. The third-order valence-corrected chi connectivity index (χ3v) is 3.17. The third-order valence-electron chi connectivity index (χ3n) is 3.17. The second-order valence-electron chi connectivity index (χ2n) is 4.68. The molecule has 2 atom stereocenters. The fourth-order valence-corrected chi connectivity index (χ4v) is 2.21. The van der Waals surface area contributed by atoms with Gasteiger partial charge in [0.25, 0.3) is 0 Å². The van der Waals surface area contributed by atoms with Crippen LogP contribution < -0.4 is 5.32 Å². The Labute approximate surface area is 111 Å². The highest BCUT2D eigenvalue weighted by atomic mass is 16.5. The van der Waals surface area contributed by atoms with E-state index in [-0.39, 0.29) is 31.1 Å². The van der Waals surface area contributed by atoms with Gasteiger partial charge in [0.1, 0.15) is 12.6 Å². The summed E-state index contributed by atoms with van der Waals surface area (Å²) in [5, 5.41) is 11.7. The SMILES string of the molecule is O=C(O)C[C@@H]1CC[C@@H](C(=O)OCc2ccccc2)N1. The Morgan fingerprint density at radius 3 is 2.68 bits per heavy atom. The predicted molar refractivity (Wildman–Crippen MR) is 68.4 cm³/mol. The summed E-state index contributed by atoms with van der Waals surface area (Å²) in [6.07, 6.45) is 1.37. The molecule has 0 unspecified atom stereocenters. The van der Waals surface area contributed by atoms with Crippen LogP contribution in [-0.4, -0.2) is 29.1 Å². The summed E-state index contributed by atoms with van der Waals surface area (Å²) in [4.78, 5) is 22.4. The first kappa shape index (κ1) is 13.5. The first-order valence-corrected chi connectivity index (χ1v) is 6.33. The third kappa shape index (κ3) is 4.06. The van der Waals surface area contributed by atoms with Gasteiger partial charge in [-0.15, -0.1) is 0 Å². The van der Waals surface area contributed by atoms with Gasteiger partial charge in [-0.3, -0.25) is 9.59 Å². The maximum atomic E-state index is 11.8. The summed E-state index contributed by atoms with van der Waals surface area (Å²) in [7, 11) is 0. The van der Waals surface area contributed by atoms with Crippen LogP contribution in [0.3, 0.4) is 0 Å². The number of ether oxygens (including phenoxy) is 1. The van der Waals surface area contributed by atoms with E-state index in [1.807, 2.05) is 30.3 Å². The molecule has 1 saturated heterocycles. The number of carboxylic acid groups (broad SMARTS) is 1. The van der Waals surface area contributed by atoms with E-state index in [1.54, 1.807) is 0 Å². The van der Waals surface area contributed by atoms with Crippen LogP contribution in [0.5, 0.6) is 0 Å². The van der Waals surface area contributed by atoms with Crippen LogP contribution in [0.4, 0.5) is 0 Å². The average Bonchev–Trinajstić information content (AvgIpc) is 2.85. The van der Waals surface area contributed by atoms with Gasteiger partial charge in [-0.05, 0) is 18.4 Å². The lowest BCUT2D eigenvalue weighted by atomic mass is 10.1. The highest BCUT2D eigenvalue weighted by Gasteiger charge is 2.31. The van der Waals surface area contributed by atoms with Crippen molar-refractivity contribution in [2.75, 3.05) is 0 Å². The molecule has 0 aromatic heterocycles. The van der Waals surface area contributed by atoms with Gasteiger partial charge in [0.15, 0.2) is 0 Å². The Bertz CT molecular complexity index is 446. The maximum absolute atomic E-state index is 11.8. The first-order chi connectivity index (χ1) is 9.15. The molecule has 1 aromatic rings. The van der Waals surface area contributed by atoms with E-state index in [2.05, 4.69) is 5.32 Å². The smallest absolute Gasteiger partial charge is 0.323 e. The number of rotatable bonds is 5. The van der Waals surface area contributed by atoms with E-state index in [4.69, 9.17) is 9.84 Å². The number of carboxylic acids is 1. The zero-order valence-corrected chi connectivity index (χ0v) is 10.5. The number of aliphatic carboxylic acids is 1. The van der Waals surface area contributed by atoms with Crippen molar-refractivity contribution in [2.24, 2.45) is 0 Å². The normalized spacial score (nSPS) is 22.1. The number of benzene rings is 1. The van der Waals surface area contributed by atoms with Crippen LogP contribution in [0.1, 0.15) is 24.8 Å². The van der Waals surface area contributed by atoms with Crippen molar-refractivity contribution >= 4 is 11.9 Å². The molecule has 19 heavy (non-hydrogen) atoms. The Balaban J connectivity index is 1.77. The van der Waals surface area contributed by atoms with Crippen LogP contribution in [0.15, 0.2) is 30.3 Å². The molecular weight excluding hydrogens is 246 g/mol. The van der Waals surface area contributed by atoms with Gasteiger partial charge in [0, 0.05) is 6.04 Å². The van der Waals surface area contributed by atoms with E-state index in [1.165, 1.54) is 0 Å². The summed E-state index contributed by atoms with van der Waals surface area (Å²) < 4.78 is 5.22. The van der Waals surface area contributed by atoms with Crippen molar-refractivity contribution < 1.29 is 19.4 Å². The largest absolute Gasteiger partial charge is 0.481 e. The van der Waals surface area contributed by atoms with Crippen molar-refractivity contribution in [2.45, 2.75) is 38.0 Å². The van der Waals surface area contributed by atoms with Gasteiger partial charge >= 0.3 is 11.9 Å². The summed E-state index contributed by atoms with van der Waals surface area (Å²) in [5.41, 5.74) is 0.941. The lowest BCUT2D eigenvalue weighted by Gasteiger charge is -2.12. The van der Waals surface area contributed by atoms with E-state index < -0.39 is 5.97 Å². The average molecular weight is 263 g/mol. The highest BCUT2D eigenvalue weighted by molar-refractivity contribution is 5.76. The van der Waals surface area contributed by atoms with Gasteiger partial charge < -0.3 is 15.2 Å². The van der Waals surface area contributed by atoms with Crippen LogP contribution in [0.2, 0.25) is 0 Å². The van der Waals surface area contributed by atoms with Crippen molar-refractivity contribution in [1.82, 2.24) is 5.32 Å². The molecule has 1 aliphatic rings. The quantitative estimate of drug-likeness (QED) is 0.784. The van der Waals surface area contributed by atoms with Crippen molar-refractivity contribution in [3.05, 3.63) is 35.9 Å². The van der Waals surface area contributed by atoms with E-state index >= 15 is 0 Å². The number of esters is 1. The molecule has 0 bridgehead atoms. The summed E-state index contributed by atoms with van der Waals surface area (Å²) >= 11 is 0. The Morgan fingerprint density at radius 1 is 1.26 bits per heavy atom. The Hall–Kier alpha value is -1.88. The van der Waals surface area contributed by atoms with Gasteiger partial charge in [-0.2, -0.15) is 0 Å². The van der Waals surface area contributed by atoms with Gasteiger partial charge in [0.2, 0.25) is 0 Å². The van der Waals surface area contributed by atoms with Crippen LogP contribution in [0, 0.1) is 0 Å². The topological polar surface area (TPSA) is 75.6 Å². The van der Waals surface area contributed by atoms with Gasteiger partial charge in [-0.25, -0.2) is 0 Å². The van der Waals surface area contributed by atoms with Gasteiger partial charge in [0.05, 0.1) is 6.42 Å².